The van der Waals surface area contributed by atoms with Crippen molar-refractivity contribution < 1.29 is 0 Å². The van der Waals surface area contributed by atoms with Crippen molar-refractivity contribution in [2.75, 3.05) is 5.33 Å². The van der Waals surface area contributed by atoms with Gasteiger partial charge in [0.1, 0.15) is 0 Å². The third-order valence-electron chi connectivity index (χ3n) is 2.33. The first-order chi connectivity index (χ1) is 6.13. The van der Waals surface area contributed by atoms with Gasteiger partial charge in [-0.1, -0.05) is 46.6 Å². The summed E-state index contributed by atoms with van der Waals surface area (Å²) in [6.45, 7) is 6.61. The second-order valence-corrected chi connectivity index (χ2v) is 4.54. The standard InChI is InChI=1S/C12H17Br/c1-9-4-5-12(11(3)6-9)7-10(2)8-13/h4-6,10H,7-8H2,1-3H3. The molecule has 1 rings (SSSR count). The van der Waals surface area contributed by atoms with Crippen LogP contribution in [-0.2, 0) is 6.42 Å². The average Bonchev–Trinajstić information content (AvgIpc) is 2.09. The van der Waals surface area contributed by atoms with Crippen LogP contribution in [0.3, 0.4) is 0 Å². The fraction of sp³-hybridized carbons (Fsp3) is 0.500. The quantitative estimate of drug-likeness (QED) is 0.704. The summed E-state index contributed by atoms with van der Waals surface area (Å²) in [6.07, 6.45) is 1.18. The zero-order chi connectivity index (χ0) is 9.84. The third-order valence-corrected chi connectivity index (χ3v) is 3.44. The van der Waals surface area contributed by atoms with Crippen LogP contribution < -0.4 is 0 Å². The summed E-state index contributed by atoms with van der Waals surface area (Å²) in [6, 6.07) is 6.71. The summed E-state index contributed by atoms with van der Waals surface area (Å²) in [7, 11) is 0. The molecule has 0 radical (unpaired) electrons. The van der Waals surface area contributed by atoms with E-state index < -0.39 is 0 Å². The lowest BCUT2D eigenvalue weighted by molar-refractivity contribution is 0.660. The Morgan fingerprint density at radius 2 is 2.00 bits per heavy atom. The van der Waals surface area contributed by atoms with E-state index in [1.165, 1.54) is 23.1 Å². The van der Waals surface area contributed by atoms with Crippen molar-refractivity contribution in [3.63, 3.8) is 0 Å². The average molecular weight is 241 g/mol. The highest BCUT2D eigenvalue weighted by molar-refractivity contribution is 9.09. The van der Waals surface area contributed by atoms with Crippen LogP contribution >= 0.6 is 15.9 Å². The van der Waals surface area contributed by atoms with E-state index in [9.17, 15) is 0 Å². The van der Waals surface area contributed by atoms with E-state index in [0.717, 1.165) is 11.2 Å². The van der Waals surface area contributed by atoms with Gasteiger partial charge >= 0.3 is 0 Å². The maximum Gasteiger partial charge on any atom is 0.00602 e. The number of hydrogen-bond donors (Lipinski definition) is 0. The number of benzene rings is 1. The van der Waals surface area contributed by atoms with Gasteiger partial charge in [0, 0.05) is 5.33 Å². The zero-order valence-corrected chi connectivity index (χ0v) is 10.2. The Morgan fingerprint density at radius 3 is 2.54 bits per heavy atom. The van der Waals surface area contributed by atoms with Gasteiger partial charge in [0.25, 0.3) is 0 Å². The van der Waals surface area contributed by atoms with Gasteiger partial charge < -0.3 is 0 Å². The SMILES string of the molecule is Cc1ccc(CC(C)CBr)c(C)c1. The second kappa shape index (κ2) is 4.80. The van der Waals surface area contributed by atoms with Crippen LogP contribution in [0.1, 0.15) is 23.6 Å². The highest BCUT2D eigenvalue weighted by Crippen LogP contribution is 2.16. The predicted molar refractivity (Wildman–Crippen MR) is 62.6 cm³/mol. The first kappa shape index (κ1) is 10.8. The van der Waals surface area contributed by atoms with Crippen molar-refractivity contribution in [1.82, 2.24) is 0 Å². The summed E-state index contributed by atoms with van der Waals surface area (Å²) in [4.78, 5) is 0. The Labute approximate surface area is 89.5 Å². The topological polar surface area (TPSA) is 0 Å². The molecule has 1 unspecified atom stereocenters. The molecule has 0 heterocycles. The van der Waals surface area contributed by atoms with E-state index in [-0.39, 0.29) is 0 Å². The Kier molecular flexibility index (Phi) is 3.98. The van der Waals surface area contributed by atoms with Gasteiger partial charge in [-0.05, 0) is 37.3 Å². The van der Waals surface area contributed by atoms with Crippen molar-refractivity contribution in [2.45, 2.75) is 27.2 Å². The van der Waals surface area contributed by atoms with Crippen molar-refractivity contribution in [2.24, 2.45) is 5.92 Å². The molecule has 0 fully saturated rings. The van der Waals surface area contributed by atoms with Crippen LogP contribution in [0.15, 0.2) is 18.2 Å². The van der Waals surface area contributed by atoms with E-state index in [1.54, 1.807) is 0 Å². The van der Waals surface area contributed by atoms with Crippen LogP contribution in [-0.4, -0.2) is 5.33 Å². The number of rotatable bonds is 3. The van der Waals surface area contributed by atoms with Gasteiger partial charge in [-0.3, -0.25) is 0 Å². The molecule has 0 saturated carbocycles. The van der Waals surface area contributed by atoms with Crippen LogP contribution in [0.25, 0.3) is 0 Å². The molecular formula is C12H17Br. The predicted octanol–water partition coefficient (Wildman–Crippen LogP) is 3.88. The molecule has 0 spiro atoms. The van der Waals surface area contributed by atoms with Crippen LogP contribution in [0, 0.1) is 19.8 Å². The summed E-state index contributed by atoms with van der Waals surface area (Å²) in [5, 5.41) is 1.08. The number of aryl methyl sites for hydroxylation is 2. The summed E-state index contributed by atoms with van der Waals surface area (Å²) in [5.74, 6) is 0.724. The molecule has 0 aromatic heterocycles. The molecule has 0 N–H and O–H groups in total. The van der Waals surface area contributed by atoms with Gasteiger partial charge in [0.15, 0.2) is 0 Å². The molecule has 0 aliphatic heterocycles. The Morgan fingerprint density at radius 1 is 1.31 bits per heavy atom. The number of alkyl halides is 1. The summed E-state index contributed by atoms with van der Waals surface area (Å²) < 4.78 is 0. The van der Waals surface area contributed by atoms with E-state index in [1.807, 2.05) is 0 Å². The van der Waals surface area contributed by atoms with Crippen LogP contribution in [0.2, 0.25) is 0 Å². The number of halogens is 1. The molecule has 1 aromatic rings. The van der Waals surface area contributed by atoms with Gasteiger partial charge in [0.2, 0.25) is 0 Å². The summed E-state index contributed by atoms with van der Waals surface area (Å²) >= 11 is 3.51. The molecule has 1 heteroatoms. The molecule has 1 aromatic carbocycles. The molecule has 0 aliphatic rings. The van der Waals surface area contributed by atoms with E-state index in [4.69, 9.17) is 0 Å². The maximum absolute atomic E-state index is 3.51. The third kappa shape index (κ3) is 3.15. The fourth-order valence-electron chi connectivity index (χ4n) is 1.50. The van der Waals surface area contributed by atoms with Crippen molar-refractivity contribution in [3.8, 4) is 0 Å². The first-order valence-electron chi connectivity index (χ1n) is 4.75. The van der Waals surface area contributed by atoms with Gasteiger partial charge in [-0.15, -0.1) is 0 Å². The Hall–Kier alpha value is -0.300. The minimum atomic E-state index is 0.724. The minimum absolute atomic E-state index is 0.724. The van der Waals surface area contributed by atoms with E-state index in [2.05, 4.69) is 54.9 Å². The largest absolute Gasteiger partial charge is 0.0925 e. The lowest BCUT2D eigenvalue weighted by Crippen LogP contribution is -2.02. The molecular weight excluding hydrogens is 224 g/mol. The summed E-state index contributed by atoms with van der Waals surface area (Å²) in [5.41, 5.74) is 4.26. The lowest BCUT2D eigenvalue weighted by atomic mass is 9.97. The molecule has 1 atom stereocenters. The molecule has 0 amide bonds. The molecule has 0 saturated heterocycles. The fourth-order valence-corrected chi connectivity index (χ4v) is 1.73. The molecule has 0 aliphatic carbocycles. The van der Waals surface area contributed by atoms with E-state index >= 15 is 0 Å². The normalized spacial score (nSPS) is 12.9. The van der Waals surface area contributed by atoms with E-state index in [0.29, 0.717) is 0 Å². The first-order valence-corrected chi connectivity index (χ1v) is 5.87. The van der Waals surface area contributed by atoms with Crippen molar-refractivity contribution in [3.05, 3.63) is 34.9 Å². The van der Waals surface area contributed by atoms with Crippen LogP contribution in [0.4, 0.5) is 0 Å². The number of hydrogen-bond acceptors (Lipinski definition) is 0. The molecule has 0 nitrogen and oxygen atoms in total. The van der Waals surface area contributed by atoms with Gasteiger partial charge in [0.05, 0.1) is 0 Å². The van der Waals surface area contributed by atoms with Gasteiger partial charge in [-0.2, -0.15) is 0 Å². The van der Waals surface area contributed by atoms with Gasteiger partial charge in [-0.25, -0.2) is 0 Å². The lowest BCUT2D eigenvalue weighted by Gasteiger charge is -2.10. The zero-order valence-electron chi connectivity index (χ0n) is 8.60. The Bertz CT molecular complexity index is 278. The van der Waals surface area contributed by atoms with Crippen LogP contribution in [0.5, 0.6) is 0 Å². The Balaban J connectivity index is 2.77. The second-order valence-electron chi connectivity index (χ2n) is 3.89. The minimum Gasteiger partial charge on any atom is -0.0925 e. The maximum atomic E-state index is 3.51. The highest BCUT2D eigenvalue weighted by atomic mass is 79.9. The molecule has 72 valence electrons. The highest BCUT2D eigenvalue weighted by Gasteiger charge is 2.04. The smallest absolute Gasteiger partial charge is 0.00602 e. The molecule has 13 heavy (non-hydrogen) atoms. The molecule has 0 bridgehead atoms. The monoisotopic (exact) mass is 240 g/mol. The van der Waals surface area contributed by atoms with Crippen molar-refractivity contribution in [1.29, 1.82) is 0 Å². The van der Waals surface area contributed by atoms with Crippen molar-refractivity contribution >= 4 is 15.9 Å².